The molecule has 2 aromatic rings. The molecule has 1 heterocycles. The molecule has 2 heteroatoms. The quantitative estimate of drug-likeness (QED) is 0.766. The number of pyridine rings is 1. The molecule has 0 N–H and O–H groups in total. The van der Waals surface area contributed by atoms with E-state index in [1.54, 1.807) is 6.92 Å². The van der Waals surface area contributed by atoms with Crippen molar-refractivity contribution in [2.75, 3.05) is 0 Å². The summed E-state index contributed by atoms with van der Waals surface area (Å²) in [6, 6.07) is 12.3. The van der Waals surface area contributed by atoms with E-state index in [1.807, 2.05) is 19.1 Å². The topological polar surface area (TPSA) is 30.0 Å². The standard InChI is InChI=1S/C18H21NO/c1-12(2)11-15-5-7-16(8-6-15)18-10-9-17(14(4)20)13(3)19-18/h5-10,12H,11H2,1-4H3. The molecular weight excluding hydrogens is 246 g/mol. The lowest BCUT2D eigenvalue weighted by Gasteiger charge is -2.08. The summed E-state index contributed by atoms with van der Waals surface area (Å²) in [6.07, 6.45) is 1.09. The Morgan fingerprint density at radius 3 is 2.25 bits per heavy atom. The van der Waals surface area contributed by atoms with E-state index in [9.17, 15) is 4.79 Å². The Hall–Kier alpha value is -1.96. The monoisotopic (exact) mass is 267 g/mol. The average molecular weight is 267 g/mol. The van der Waals surface area contributed by atoms with Gasteiger partial charge in [-0.15, -0.1) is 0 Å². The maximum atomic E-state index is 11.4. The minimum Gasteiger partial charge on any atom is -0.294 e. The van der Waals surface area contributed by atoms with Gasteiger partial charge in [-0.05, 0) is 43.9 Å². The number of ketones is 1. The van der Waals surface area contributed by atoms with Crippen molar-refractivity contribution in [2.24, 2.45) is 5.92 Å². The molecule has 0 fully saturated rings. The Morgan fingerprint density at radius 2 is 1.75 bits per heavy atom. The average Bonchev–Trinajstić information content (AvgIpc) is 2.38. The molecular formula is C18H21NO. The molecule has 0 amide bonds. The van der Waals surface area contributed by atoms with Crippen LogP contribution in [-0.2, 0) is 6.42 Å². The van der Waals surface area contributed by atoms with Gasteiger partial charge < -0.3 is 0 Å². The number of rotatable bonds is 4. The number of carbonyl (C=O) groups excluding carboxylic acids is 1. The van der Waals surface area contributed by atoms with Gasteiger partial charge in [-0.1, -0.05) is 38.1 Å². The van der Waals surface area contributed by atoms with E-state index in [2.05, 4.69) is 43.1 Å². The summed E-state index contributed by atoms with van der Waals surface area (Å²) in [4.78, 5) is 16.0. The Morgan fingerprint density at radius 1 is 1.10 bits per heavy atom. The van der Waals surface area contributed by atoms with Gasteiger partial charge in [0.1, 0.15) is 0 Å². The van der Waals surface area contributed by atoms with Gasteiger partial charge >= 0.3 is 0 Å². The van der Waals surface area contributed by atoms with Crippen LogP contribution in [0.3, 0.4) is 0 Å². The molecule has 0 unspecified atom stereocenters. The van der Waals surface area contributed by atoms with E-state index in [1.165, 1.54) is 5.56 Å². The van der Waals surface area contributed by atoms with E-state index < -0.39 is 0 Å². The van der Waals surface area contributed by atoms with Crippen LogP contribution in [0.1, 0.15) is 42.4 Å². The van der Waals surface area contributed by atoms with E-state index >= 15 is 0 Å². The molecule has 0 aliphatic heterocycles. The van der Waals surface area contributed by atoms with Crippen LogP contribution < -0.4 is 0 Å². The number of aromatic nitrogens is 1. The van der Waals surface area contributed by atoms with Crippen molar-refractivity contribution in [1.29, 1.82) is 0 Å². The van der Waals surface area contributed by atoms with Crippen molar-refractivity contribution in [1.82, 2.24) is 4.98 Å². The van der Waals surface area contributed by atoms with Gasteiger partial charge in [0.2, 0.25) is 0 Å². The highest BCUT2D eigenvalue weighted by Crippen LogP contribution is 2.20. The van der Waals surface area contributed by atoms with Crippen LogP contribution in [-0.4, -0.2) is 10.8 Å². The lowest BCUT2D eigenvalue weighted by Crippen LogP contribution is -1.99. The van der Waals surface area contributed by atoms with Gasteiger partial charge in [0.25, 0.3) is 0 Å². The molecule has 104 valence electrons. The second-order valence-electron chi connectivity index (χ2n) is 5.68. The maximum Gasteiger partial charge on any atom is 0.161 e. The number of aryl methyl sites for hydroxylation is 1. The fourth-order valence-corrected chi connectivity index (χ4v) is 2.38. The molecule has 0 aliphatic rings. The Labute approximate surface area is 120 Å². The normalized spacial score (nSPS) is 10.8. The van der Waals surface area contributed by atoms with Gasteiger partial charge in [0.15, 0.2) is 5.78 Å². The van der Waals surface area contributed by atoms with Crippen molar-refractivity contribution in [2.45, 2.75) is 34.1 Å². The van der Waals surface area contributed by atoms with Crippen LogP contribution in [0.4, 0.5) is 0 Å². The summed E-state index contributed by atoms with van der Waals surface area (Å²) >= 11 is 0. The number of benzene rings is 1. The molecule has 0 bridgehead atoms. The first-order chi connectivity index (χ1) is 9.47. The molecule has 0 spiro atoms. The molecule has 0 aliphatic carbocycles. The van der Waals surface area contributed by atoms with Crippen LogP contribution in [0.15, 0.2) is 36.4 Å². The fraction of sp³-hybridized carbons (Fsp3) is 0.333. The van der Waals surface area contributed by atoms with E-state index in [4.69, 9.17) is 0 Å². The lowest BCUT2D eigenvalue weighted by molar-refractivity contribution is 0.101. The Balaban J connectivity index is 2.28. The van der Waals surface area contributed by atoms with E-state index in [0.29, 0.717) is 11.5 Å². The molecule has 1 aromatic heterocycles. The lowest BCUT2D eigenvalue weighted by atomic mass is 10.0. The second kappa shape index (κ2) is 6.00. The van der Waals surface area contributed by atoms with E-state index in [-0.39, 0.29) is 5.78 Å². The van der Waals surface area contributed by atoms with Crippen molar-refractivity contribution in [3.05, 3.63) is 53.2 Å². The van der Waals surface area contributed by atoms with Crippen molar-refractivity contribution < 1.29 is 4.79 Å². The fourth-order valence-electron chi connectivity index (χ4n) is 2.38. The summed E-state index contributed by atoms with van der Waals surface area (Å²) < 4.78 is 0. The van der Waals surface area contributed by atoms with Crippen molar-refractivity contribution in [3.63, 3.8) is 0 Å². The summed E-state index contributed by atoms with van der Waals surface area (Å²) in [5.41, 5.74) is 4.85. The molecule has 1 aromatic carbocycles. The van der Waals surface area contributed by atoms with Crippen LogP contribution in [0.25, 0.3) is 11.3 Å². The summed E-state index contributed by atoms with van der Waals surface area (Å²) in [5, 5.41) is 0. The van der Waals surface area contributed by atoms with Crippen molar-refractivity contribution >= 4 is 5.78 Å². The molecule has 2 rings (SSSR count). The zero-order chi connectivity index (χ0) is 14.7. The number of carbonyl (C=O) groups is 1. The van der Waals surface area contributed by atoms with E-state index in [0.717, 1.165) is 23.4 Å². The first-order valence-corrected chi connectivity index (χ1v) is 7.05. The van der Waals surface area contributed by atoms with Gasteiger partial charge in [0, 0.05) is 16.8 Å². The molecule has 2 nitrogen and oxygen atoms in total. The third-order valence-corrected chi connectivity index (χ3v) is 3.36. The maximum absolute atomic E-state index is 11.4. The SMILES string of the molecule is CC(=O)c1ccc(-c2ccc(CC(C)C)cc2)nc1C. The minimum atomic E-state index is 0.0637. The highest BCUT2D eigenvalue weighted by molar-refractivity contribution is 5.95. The molecule has 0 saturated heterocycles. The predicted octanol–water partition coefficient (Wildman–Crippen LogP) is 4.46. The molecule has 0 radical (unpaired) electrons. The summed E-state index contributed by atoms with van der Waals surface area (Å²) in [6.45, 7) is 7.90. The van der Waals surface area contributed by atoms with Gasteiger partial charge in [-0.2, -0.15) is 0 Å². The highest BCUT2D eigenvalue weighted by Gasteiger charge is 2.07. The largest absolute Gasteiger partial charge is 0.294 e. The smallest absolute Gasteiger partial charge is 0.161 e. The third kappa shape index (κ3) is 3.32. The number of nitrogens with zero attached hydrogens (tertiary/aromatic N) is 1. The first kappa shape index (κ1) is 14.4. The van der Waals surface area contributed by atoms with Gasteiger partial charge in [0.05, 0.1) is 5.69 Å². The first-order valence-electron chi connectivity index (χ1n) is 7.05. The van der Waals surface area contributed by atoms with Gasteiger partial charge in [-0.3, -0.25) is 9.78 Å². The highest BCUT2D eigenvalue weighted by atomic mass is 16.1. The minimum absolute atomic E-state index is 0.0637. The summed E-state index contributed by atoms with van der Waals surface area (Å²) in [5.74, 6) is 0.727. The molecule has 0 atom stereocenters. The number of hydrogen-bond acceptors (Lipinski definition) is 2. The van der Waals surface area contributed by atoms with Crippen LogP contribution in [0.5, 0.6) is 0 Å². The zero-order valence-electron chi connectivity index (χ0n) is 12.6. The predicted molar refractivity (Wildman–Crippen MR) is 83.0 cm³/mol. The summed E-state index contributed by atoms with van der Waals surface area (Å²) in [7, 11) is 0. The molecule has 20 heavy (non-hydrogen) atoms. The van der Waals surface area contributed by atoms with Crippen LogP contribution in [0.2, 0.25) is 0 Å². The van der Waals surface area contributed by atoms with Crippen molar-refractivity contribution in [3.8, 4) is 11.3 Å². The van der Waals surface area contributed by atoms with Gasteiger partial charge in [-0.25, -0.2) is 0 Å². The number of Topliss-reactive ketones (excluding diaryl/α,β-unsaturated/α-hetero) is 1. The molecule has 0 saturated carbocycles. The second-order valence-corrected chi connectivity index (χ2v) is 5.68. The Kier molecular flexibility index (Phi) is 4.33. The third-order valence-electron chi connectivity index (χ3n) is 3.36. The Bertz CT molecular complexity index is 612. The van der Waals surface area contributed by atoms with Crippen LogP contribution in [0, 0.1) is 12.8 Å². The van der Waals surface area contributed by atoms with Crippen LogP contribution >= 0.6 is 0 Å². The zero-order valence-corrected chi connectivity index (χ0v) is 12.6. The number of hydrogen-bond donors (Lipinski definition) is 0.